The summed E-state index contributed by atoms with van der Waals surface area (Å²) in [6, 6.07) is 5.51. The van der Waals surface area contributed by atoms with Gasteiger partial charge >= 0.3 is 5.97 Å². The quantitative estimate of drug-likeness (QED) is 0.564. The highest BCUT2D eigenvalue weighted by molar-refractivity contribution is 7.89. The Morgan fingerprint density at radius 3 is 2.55 bits per heavy atom. The summed E-state index contributed by atoms with van der Waals surface area (Å²) in [5, 5.41) is 2.47. The van der Waals surface area contributed by atoms with Crippen molar-refractivity contribution >= 4 is 21.9 Å². The van der Waals surface area contributed by atoms with E-state index in [4.69, 9.17) is 0 Å². The van der Waals surface area contributed by atoms with Gasteiger partial charge in [0.2, 0.25) is 15.9 Å². The average Bonchev–Trinajstić information content (AvgIpc) is 2.42. The van der Waals surface area contributed by atoms with E-state index in [1.807, 2.05) is 0 Å². The second-order valence-electron chi connectivity index (χ2n) is 3.90. The van der Waals surface area contributed by atoms with Crippen LogP contribution < -0.4 is 10.0 Å². The Labute approximate surface area is 117 Å². The van der Waals surface area contributed by atoms with Crippen LogP contribution in [-0.2, 0) is 19.6 Å². The van der Waals surface area contributed by atoms with Gasteiger partial charge in [-0.1, -0.05) is 6.07 Å². The van der Waals surface area contributed by atoms with Crippen molar-refractivity contribution in [1.82, 2.24) is 10.0 Å². The third-order valence-electron chi connectivity index (χ3n) is 2.36. The van der Waals surface area contributed by atoms with Gasteiger partial charge in [0, 0.05) is 20.0 Å². The zero-order valence-corrected chi connectivity index (χ0v) is 12.0. The minimum Gasteiger partial charge on any atom is -0.465 e. The van der Waals surface area contributed by atoms with Gasteiger partial charge in [-0.2, -0.15) is 0 Å². The lowest BCUT2D eigenvalue weighted by molar-refractivity contribution is -0.118. The van der Waals surface area contributed by atoms with Gasteiger partial charge in [-0.15, -0.1) is 0 Å². The van der Waals surface area contributed by atoms with Crippen LogP contribution in [0.25, 0.3) is 0 Å². The molecule has 0 aliphatic heterocycles. The third kappa shape index (κ3) is 4.63. The van der Waals surface area contributed by atoms with Crippen LogP contribution in [0.4, 0.5) is 0 Å². The SMILES string of the molecule is COC(=O)c1cccc(S(=O)(=O)NCCNC(C)=O)c1. The smallest absolute Gasteiger partial charge is 0.337 e. The number of benzene rings is 1. The van der Waals surface area contributed by atoms with Crippen molar-refractivity contribution in [2.45, 2.75) is 11.8 Å². The van der Waals surface area contributed by atoms with Crippen LogP contribution in [0.15, 0.2) is 29.2 Å². The first-order chi connectivity index (χ1) is 9.36. The summed E-state index contributed by atoms with van der Waals surface area (Å²) in [6.45, 7) is 1.59. The average molecular weight is 300 g/mol. The first kappa shape index (κ1) is 16.1. The van der Waals surface area contributed by atoms with Crippen LogP contribution in [0.3, 0.4) is 0 Å². The van der Waals surface area contributed by atoms with E-state index in [0.717, 1.165) is 0 Å². The minimum absolute atomic E-state index is 0.0387. The van der Waals surface area contributed by atoms with E-state index in [9.17, 15) is 18.0 Å². The third-order valence-corrected chi connectivity index (χ3v) is 3.82. The Balaban J connectivity index is 2.77. The van der Waals surface area contributed by atoms with Crippen LogP contribution in [-0.4, -0.2) is 40.5 Å². The number of amides is 1. The maximum Gasteiger partial charge on any atom is 0.337 e. The molecule has 1 amide bonds. The molecular weight excluding hydrogens is 284 g/mol. The summed E-state index contributed by atoms with van der Waals surface area (Å²) in [5.41, 5.74) is 0.150. The summed E-state index contributed by atoms with van der Waals surface area (Å²) >= 11 is 0. The summed E-state index contributed by atoms with van der Waals surface area (Å²) < 4.78 is 30.8. The number of nitrogens with one attached hydrogen (secondary N) is 2. The number of carbonyl (C=O) groups is 2. The molecule has 0 aliphatic rings. The Hall–Kier alpha value is -1.93. The maximum atomic E-state index is 12.0. The van der Waals surface area contributed by atoms with Gasteiger partial charge in [0.1, 0.15) is 0 Å². The Morgan fingerprint density at radius 2 is 1.95 bits per heavy atom. The molecule has 8 heteroatoms. The fraction of sp³-hybridized carbons (Fsp3) is 0.333. The molecule has 0 spiro atoms. The number of sulfonamides is 1. The standard InChI is InChI=1S/C12H16N2O5S/c1-9(15)13-6-7-14-20(17,18)11-5-3-4-10(8-11)12(16)19-2/h3-5,8,14H,6-7H2,1-2H3,(H,13,15). The number of rotatable bonds is 6. The lowest BCUT2D eigenvalue weighted by Crippen LogP contribution is -2.33. The Morgan fingerprint density at radius 1 is 1.25 bits per heavy atom. The molecule has 0 aromatic heterocycles. The first-order valence-corrected chi connectivity index (χ1v) is 7.27. The normalized spacial score (nSPS) is 10.9. The van der Waals surface area contributed by atoms with E-state index in [1.54, 1.807) is 0 Å². The number of hydrogen-bond donors (Lipinski definition) is 2. The van der Waals surface area contributed by atoms with Gasteiger partial charge < -0.3 is 10.1 Å². The molecule has 0 aliphatic carbocycles. The molecule has 0 radical (unpaired) electrons. The van der Waals surface area contributed by atoms with Crippen LogP contribution in [0.1, 0.15) is 17.3 Å². The molecule has 20 heavy (non-hydrogen) atoms. The fourth-order valence-electron chi connectivity index (χ4n) is 1.42. The Bertz CT molecular complexity index is 598. The monoisotopic (exact) mass is 300 g/mol. The number of esters is 1. The van der Waals surface area contributed by atoms with E-state index in [-0.39, 0.29) is 29.5 Å². The minimum atomic E-state index is -3.73. The predicted octanol–water partition coefficient (Wildman–Crippen LogP) is -0.112. The van der Waals surface area contributed by atoms with Gasteiger partial charge in [0.15, 0.2) is 0 Å². The zero-order chi connectivity index (χ0) is 15.2. The second-order valence-corrected chi connectivity index (χ2v) is 5.67. The fourth-order valence-corrected chi connectivity index (χ4v) is 2.49. The highest BCUT2D eigenvalue weighted by Gasteiger charge is 2.15. The largest absolute Gasteiger partial charge is 0.465 e. The molecule has 1 rings (SSSR count). The summed E-state index contributed by atoms with van der Waals surface area (Å²) in [4.78, 5) is 22.0. The molecule has 0 heterocycles. The van der Waals surface area contributed by atoms with Crippen LogP contribution in [0.5, 0.6) is 0 Å². The van der Waals surface area contributed by atoms with Gasteiger partial charge in [-0.25, -0.2) is 17.9 Å². The second kappa shape index (κ2) is 7.01. The van der Waals surface area contributed by atoms with Gasteiger partial charge in [-0.05, 0) is 18.2 Å². The molecule has 1 aromatic carbocycles. The maximum absolute atomic E-state index is 12.0. The zero-order valence-electron chi connectivity index (χ0n) is 11.2. The molecule has 0 fully saturated rings. The number of hydrogen-bond acceptors (Lipinski definition) is 5. The van der Waals surface area contributed by atoms with Gasteiger partial charge in [-0.3, -0.25) is 4.79 Å². The molecular formula is C12H16N2O5S. The van der Waals surface area contributed by atoms with Crippen molar-refractivity contribution in [3.63, 3.8) is 0 Å². The van der Waals surface area contributed by atoms with Crippen molar-refractivity contribution < 1.29 is 22.7 Å². The van der Waals surface area contributed by atoms with Crippen molar-refractivity contribution in [3.8, 4) is 0 Å². The van der Waals surface area contributed by atoms with Crippen molar-refractivity contribution in [2.75, 3.05) is 20.2 Å². The lowest BCUT2D eigenvalue weighted by atomic mass is 10.2. The van der Waals surface area contributed by atoms with E-state index >= 15 is 0 Å². The summed E-state index contributed by atoms with van der Waals surface area (Å²) in [6.07, 6.45) is 0. The lowest BCUT2D eigenvalue weighted by Gasteiger charge is -2.08. The molecule has 0 saturated carbocycles. The van der Waals surface area contributed by atoms with Crippen LogP contribution in [0.2, 0.25) is 0 Å². The van der Waals surface area contributed by atoms with E-state index in [1.165, 1.54) is 38.3 Å². The number of carbonyl (C=O) groups excluding carboxylic acids is 2. The molecule has 0 unspecified atom stereocenters. The summed E-state index contributed by atoms with van der Waals surface area (Å²) in [7, 11) is -2.51. The van der Waals surface area contributed by atoms with E-state index in [2.05, 4.69) is 14.8 Å². The topological polar surface area (TPSA) is 102 Å². The summed E-state index contributed by atoms with van der Waals surface area (Å²) in [5.74, 6) is -0.850. The highest BCUT2D eigenvalue weighted by atomic mass is 32.2. The molecule has 0 atom stereocenters. The van der Waals surface area contributed by atoms with Gasteiger partial charge in [0.25, 0.3) is 0 Å². The molecule has 110 valence electrons. The first-order valence-electron chi connectivity index (χ1n) is 5.79. The molecule has 7 nitrogen and oxygen atoms in total. The number of methoxy groups -OCH3 is 1. The van der Waals surface area contributed by atoms with Crippen molar-refractivity contribution in [2.24, 2.45) is 0 Å². The number of ether oxygens (including phenoxy) is 1. The highest BCUT2D eigenvalue weighted by Crippen LogP contribution is 2.12. The molecule has 1 aromatic rings. The molecule has 2 N–H and O–H groups in total. The van der Waals surface area contributed by atoms with Gasteiger partial charge in [0.05, 0.1) is 17.6 Å². The Kier molecular flexibility index (Phi) is 5.66. The van der Waals surface area contributed by atoms with E-state index < -0.39 is 16.0 Å². The predicted molar refractivity (Wildman–Crippen MR) is 71.7 cm³/mol. The van der Waals surface area contributed by atoms with Crippen LogP contribution in [0, 0.1) is 0 Å². The van der Waals surface area contributed by atoms with E-state index in [0.29, 0.717) is 0 Å². The van der Waals surface area contributed by atoms with Crippen molar-refractivity contribution in [1.29, 1.82) is 0 Å². The van der Waals surface area contributed by atoms with Crippen molar-refractivity contribution in [3.05, 3.63) is 29.8 Å². The molecule has 0 saturated heterocycles. The van der Waals surface area contributed by atoms with Crippen LogP contribution >= 0.6 is 0 Å². The molecule has 0 bridgehead atoms.